The van der Waals surface area contributed by atoms with Crippen molar-refractivity contribution in [1.82, 2.24) is 14.7 Å². The number of nitrogens with zero attached hydrogens (tertiary/aromatic N) is 3. The summed E-state index contributed by atoms with van der Waals surface area (Å²) in [5.74, 6) is -0.119. The van der Waals surface area contributed by atoms with E-state index in [1.165, 1.54) is 6.07 Å². The number of carbonyl (C=O) groups excluding carboxylic acids is 2. The van der Waals surface area contributed by atoms with Crippen molar-refractivity contribution in [3.05, 3.63) is 34.6 Å². The van der Waals surface area contributed by atoms with Gasteiger partial charge in [-0.25, -0.2) is 9.18 Å². The zero-order chi connectivity index (χ0) is 20.1. The van der Waals surface area contributed by atoms with Gasteiger partial charge in [0.25, 0.3) is 0 Å². The van der Waals surface area contributed by atoms with Crippen molar-refractivity contribution in [2.45, 2.75) is 26.3 Å². The fraction of sp³-hybridized carbons (Fsp3) is 0.600. The van der Waals surface area contributed by atoms with Crippen LogP contribution in [0.4, 0.5) is 9.18 Å². The van der Waals surface area contributed by atoms with Crippen molar-refractivity contribution in [2.24, 2.45) is 5.92 Å². The average molecular weight is 412 g/mol. The average Bonchev–Trinajstić information content (AvgIpc) is 2.70. The van der Waals surface area contributed by atoms with Crippen molar-refractivity contribution in [3.63, 3.8) is 0 Å². The molecule has 2 fully saturated rings. The van der Waals surface area contributed by atoms with Crippen LogP contribution < -0.4 is 0 Å². The van der Waals surface area contributed by atoms with Crippen LogP contribution in [0.3, 0.4) is 0 Å². The van der Waals surface area contributed by atoms with Crippen LogP contribution in [0.25, 0.3) is 0 Å². The Hall–Kier alpha value is -1.86. The van der Waals surface area contributed by atoms with E-state index in [2.05, 4.69) is 4.90 Å². The summed E-state index contributed by atoms with van der Waals surface area (Å²) < 4.78 is 19.0. The minimum absolute atomic E-state index is 0.000424. The Morgan fingerprint density at radius 1 is 1.11 bits per heavy atom. The fourth-order valence-corrected chi connectivity index (χ4v) is 3.97. The first-order valence-electron chi connectivity index (χ1n) is 9.84. The number of halogens is 2. The minimum Gasteiger partial charge on any atom is -0.450 e. The van der Waals surface area contributed by atoms with Gasteiger partial charge >= 0.3 is 6.09 Å². The molecule has 0 aromatic heterocycles. The molecule has 1 aromatic rings. The van der Waals surface area contributed by atoms with E-state index in [-0.39, 0.29) is 23.7 Å². The molecule has 6 nitrogen and oxygen atoms in total. The minimum atomic E-state index is -0.308. The van der Waals surface area contributed by atoms with Crippen molar-refractivity contribution in [1.29, 1.82) is 0 Å². The first-order chi connectivity index (χ1) is 13.5. The molecule has 1 aromatic carbocycles. The highest BCUT2D eigenvalue weighted by molar-refractivity contribution is 6.30. The highest BCUT2D eigenvalue weighted by Crippen LogP contribution is 2.23. The second-order valence-corrected chi connectivity index (χ2v) is 7.73. The largest absolute Gasteiger partial charge is 0.450 e. The molecule has 28 heavy (non-hydrogen) atoms. The fourth-order valence-electron chi connectivity index (χ4n) is 3.81. The maximum Gasteiger partial charge on any atom is 0.409 e. The summed E-state index contributed by atoms with van der Waals surface area (Å²) in [6.45, 7) is 6.33. The Balaban J connectivity index is 1.44. The zero-order valence-corrected chi connectivity index (χ0v) is 17.0. The predicted molar refractivity (Wildman–Crippen MR) is 105 cm³/mol. The normalized spacial score (nSPS) is 19.0. The summed E-state index contributed by atoms with van der Waals surface area (Å²) in [7, 11) is 0. The molecule has 0 unspecified atom stereocenters. The van der Waals surface area contributed by atoms with Crippen LogP contribution in [0.2, 0.25) is 5.02 Å². The number of carbonyl (C=O) groups is 2. The summed E-state index contributed by atoms with van der Waals surface area (Å²) in [5.41, 5.74) is 0.629. The van der Waals surface area contributed by atoms with Crippen molar-refractivity contribution in [3.8, 4) is 0 Å². The van der Waals surface area contributed by atoms with Gasteiger partial charge in [-0.1, -0.05) is 17.7 Å². The van der Waals surface area contributed by atoms with E-state index in [4.69, 9.17) is 16.3 Å². The topological polar surface area (TPSA) is 53.1 Å². The monoisotopic (exact) mass is 411 g/mol. The number of piperazine rings is 1. The summed E-state index contributed by atoms with van der Waals surface area (Å²) in [6, 6.07) is 4.76. The van der Waals surface area contributed by atoms with E-state index < -0.39 is 0 Å². The van der Waals surface area contributed by atoms with E-state index in [1.807, 2.05) is 4.90 Å². The van der Waals surface area contributed by atoms with Gasteiger partial charge in [0.1, 0.15) is 5.82 Å². The molecule has 0 saturated carbocycles. The molecule has 3 rings (SSSR count). The first-order valence-corrected chi connectivity index (χ1v) is 10.2. The number of hydrogen-bond donors (Lipinski definition) is 0. The summed E-state index contributed by atoms with van der Waals surface area (Å²) >= 11 is 5.81. The summed E-state index contributed by atoms with van der Waals surface area (Å²) in [5, 5.41) is 0.397. The lowest BCUT2D eigenvalue weighted by atomic mass is 9.94. The number of piperidine rings is 1. The molecular weight excluding hydrogens is 385 g/mol. The van der Waals surface area contributed by atoms with Crippen LogP contribution in [0.5, 0.6) is 0 Å². The Morgan fingerprint density at radius 3 is 2.36 bits per heavy atom. The summed E-state index contributed by atoms with van der Waals surface area (Å²) in [6.07, 6.45) is 1.23. The number of amides is 2. The lowest BCUT2D eigenvalue weighted by molar-refractivity contribution is -0.138. The molecule has 2 aliphatic heterocycles. The number of benzene rings is 1. The third kappa shape index (κ3) is 5.14. The Labute approximate surface area is 170 Å². The van der Waals surface area contributed by atoms with Crippen molar-refractivity contribution >= 4 is 23.6 Å². The van der Waals surface area contributed by atoms with E-state index >= 15 is 0 Å². The van der Waals surface area contributed by atoms with Gasteiger partial charge in [0.05, 0.1) is 6.61 Å². The smallest absolute Gasteiger partial charge is 0.409 e. The molecule has 2 saturated heterocycles. The van der Waals surface area contributed by atoms with Gasteiger partial charge in [0.2, 0.25) is 5.91 Å². The Morgan fingerprint density at radius 2 is 1.75 bits per heavy atom. The number of likely N-dealkylation sites (tertiary alicyclic amines) is 1. The van der Waals surface area contributed by atoms with Crippen LogP contribution >= 0.6 is 11.6 Å². The molecule has 0 bridgehead atoms. The maximum atomic E-state index is 14.0. The molecule has 154 valence electrons. The van der Waals surface area contributed by atoms with Crippen LogP contribution in [-0.2, 0) is 16.1 Å². The lowest BCUT2D eigenvalue weighted by Crippen LogP contribution is -2.53. The Kier molecular flexibility index (Phi) is 7.13. The van der Waals surface area contributed by atoms with E-state index in [9.17, 15) is 14.0 Å². The van der Waals surface area contributed by atoms with Crippen LogP contribution in [0.1, 0.15) is 25.3 Å². The molecular formula is C20H27ClFN3O3. The maximum absolute atomic E-state index is 14.0. The molecule has 2 aliphatic rings. The second kappa shape index (κ2) is 9.56. The molecule has 0 atom stereocenters. The third-order valence-electron chi connectivity index (χ3n) is 5.46. The molecule has 0 N–H and O–H groups in total. The van der Waals surface area contributed by atoms with Crippen LogP contribution in [0.15, 0.2) is 18.2 Å². The highest BCUT2D eigenvalue weighted by atomic mass is 35.5. The highest BCUT2D eigenvalue weighted by Gasteiger charge is 2.31. The van der Waals surface area contributed by atoms with E-state index in [1.54, 1.807) is 24.0 Å². The SMILES string of the molecule is CCOC(=O)N1CCN(C(=O)C2CCN(Cc3ccc(Cl)cc3F)CC2)CC1. The van der Waals surface area contributed by atoms with Gasteiger partial charge in [-0.2, -0.15) is 0 Å². The standard InChI is InChI=1S/C20H27ClFN3O3/c1-2-28-20(27)25-11-9-24(10-12-25)19(26)15-5-7-23(8-6-15)14-16-3-4-17(21)13-18(16)22/h3-4,13,15H,2,5-12,14H2,1H3. The van der Waals surface area contributed by atoms with Crippen LogP contribution in [0, 0.1) is 11.7 Å². The molecule has 0 aliphatic carbocycles. The lowest BCUT2D eigenvalue weighted by Gasteiger charge is -2.38. The molecule has 0 spiro atoms. The first kappa shape index (κ1) is 20.9. The van der Waals surface area contributed by atoms with E-state index in [0.717, 1.165) is 25.9 Å². The van der Waals surface area contributed by atoms with Gasteiger partial charge in [-0.05, 0) is 45.0 Å². The molecule has 0 radical (unpaired) electrons. The quantitative estimate of drug-likeness (QED) is 0.764. The van der Waals surface area contributed by atoms with Gasteiger partial charge in [0, 0.05) is 49.2 Å². The number of ether oxygens (including phenoxy) is 1. The summed E-state index contributed by atoms with van der Waals surface area (Å²) in [4.78, 5) is 30.3. The van der Waals surface area contributed by atoms with E-state index in [0.29, 0.717) is 49.9 Å². The molecule has 2 heterocycles. The zero-order valence-electron chi connectivity index (χ0n) is 16.2. The van der Waals surface area contributed by atoms with Gasteiger partial charge < -0.3 is 14.5 Å². The molecule has 8 heteroatoms. The second-order valence-electron chi connectivity index (χ2n) is 7.30. The van der Waals surface area contributed by atoms with Gasteiger partial charge in [-0.3, -0.25) is 9.69 Å². The van der Waals surface area contributed by atoms with Crippen molar-refractivity contribution < 1.29 is 18.7 Å². The number of rotatable bonds is 4. The number of hydrogen-bond acceptors (Lipinski definition) is 4. The predicted octanol–water partition coefficient (Wildman–Crippen LogP) is 2.99. The van der Waals surface area contributed by atoms with Crippen molar-refractivity contribution in [2.75, 3.05) is 45.9 Å². The van der Waals surface area contributed by atoms with Crippen LogP contribution in [-0.4, -0.2) is 72.6 Å². The van der Waals surface area contributed by atoms with Gasteiger partial charge in [0.15, 0.2) is 0 Å². The third-order valence-corrected chi connectivity index (χ3v) is 5.70. The van der Waals surface area contributed by atoms with Gasteiger partial charge in [-0.15, -0.1) is 0 Å². The molecule has 2 amide bonds. The Bertz CT molecular complexity index is 702.